The van der Waals surface area contributed by atoms with Crippen molar-refractivity contribution in [1.29, 1.82) is 5.26 Å². The molecule has 6 heteroatoms. The Kier molecular flexibility index (Phi) is 6.69. The van der Waals surface area contributed by atoms with E-state index in [0.29, 0.717) is 27.0 Å². The van der Waals surface area contributed by atoms with Gasteiger partial charge >= 0.3 is 0 Å². The molecule has 0 heterocycles. The molecule has 0 aromatic heterocycles. The lowest BCUT2D eigenvalue weighted by molar-refractivity contribution is -0.112. The summed E-state index contributed by atoms with van der Waals surface area (Å²) >= 11 is 12.0. The van der Waals surface area contributed by atoms with Gasteiger partial charge in [0.15, 0.2) is 0 Å². The van der Waals surface area contributed by atoms with Crippen molar-refractivity contribution in [3.63, 3.8) is 0 Å². The third kappa shape index (κ3) is 5.04. The molecule has 0 unspecified atom stereocenters. The van der Waals surface area contributed by atoms with Gasteiger partial charge in [0.25, 0.3) is 5.91 Å². The van der Waals surface area contributed by atoms with Crippen molar-refractivity contribution in [3.8, 4) is 24.2 Å². The highest BCUT2D eigenvalue weighted by Crippen LogP contribution is 2.26. The zero-order valence-electron chi connectivity index (χ0n) is 13.8. The quantitative estimate of drug-likeness (QED) is 0.454. The first-order valence-corrected chi connectivity index (χ1v) is 8.25. The number of rotatable bonds is 5. The molecule has 0 saturated carbocycles. The van der Waals surface area contributed by atoms with E-state index in [1.165, 1.54) is 6.08 Å². The number of benzene rings is 2. The number of hydrogen-bond donors (Lipinski definition) is 1. The van der Waals surface area contributed by atoms with E-state index in [9.17, 15) is 10.1 Å². The molecule has 0 fully saturated rings. The van der Waals surface area contributed by atoms with Crippen molar-refractivity contribution in [2.24, 2.45) is 0 Å². The summed E-state index contributed by atoms with van der Waals surface area (Å²) < 4.78 is 5.42. The Morgan fingerprint density at radius 1 is 1.27 bits per heavy atom. The Morgan fingerprint density at radius 2 is 1.96 bits per heavy atom. The molecular weight excluding hydrogens is 371 g/mol. The van der Waals surface area contributed by atoms with Crippen LogP contribution in [0.2, 0.25) is 10.0 Å². The number of halogens is 2. The number of aryl methyl sites for hydroxylation is 1. The fraction of sp³-hybridized carbons (Fsp3) is 0.100. The van der Waals surface area contributed by atoms with Crippen LogP contribution in [0.25, 0.3) is 6.08 Å². The average Bonchev–Trinajstić information content (AvgIpc) is 2.61. The Hall–Kier alpha value is -2.92. The van der Waals surface area contributed by atoms with Crippen LogP contribution in [0.15, 0.2) is 42.0 Å². The Morgan fingerprint density at radius 3 is 2.65 bits per heavy atom. The van der Waals surface area contributed by atoms with Gasteiger partial charge in [0.05, 0.1) is 0 Å². The van der Waals surface area contributed by atoms with Gasteiger partial charge in [0, 0.05) is 21.3 Å². The van der Waals surface area contributed by atoms with Crippen LogP contribution in [0.5, 0.6) is 5.75 Å². The van der Waals surface area contributed by atoms with E-state index in [2.05, 4.69) is 11.2 Å². The lowest BCUT2D eigenvalue weighted by Crippen LogP contribution is -2.14. The van der Waals surface area contributed by atoms with Crippen molar-refractivity contribution < 1.29 is 9.53 Å². The van der Waals surface area contributed by atoms with E-state index in [1.54, 1.807) is 36.4 Å². The summed E-state index contributed by atoms with van der Waals surface area (Å²) in [5.41, 5.74) is 1.71. The van der Waals surface area contributed by atoms with Crippen LogP contribution < -0.4 is 10.1 Å². The van der Waals surface area contributed by atoms with Gasteiger partial charge < -0.3 is 10.1 Å². The predicted molar refractivity (Wildman–Crippen MR) is 104 cm³/mol. The minimum absolute atomic E-state index is 0.0538. The molecule has 0 aliphatic carbocycles. The van der Waals surface area contributed by atoms with Crippen LogP contribution in [-0.2, 0) is 4.79 Å². The number of nitrogens with one attached hydrogen (secondary N) is 1. The summed E-state index contributed by atoms with van der Waals surface area (Å²) in [6.45, 7) is 1.88. The number of amides is 1. The molecule has 0 atom stereocenters. The Balaban J connectivity index is 2.34. The second kappa shape index (κ2) is 8.97. The fourth-order valence-electron chi connectivity index (χ4n) is 2.11. The highest BCUT2D eigenvalue weighted by molar-refractivity contribution is 6.31. The summed E-state index contributed by atoms with van der Waals surface area (Å²) in [7, 11) is 0. The first-order chi connectivity index (χ1) is 12.4. The SMILES string of the molecule is C#CCOc1ccc(Cl)cc1/C=C(\C#N)C(=O)Nc1cc(Cl)ccc1C. The summed E-state index contributed by atoms with van der Waals surface area (Å²) in [6.07, 6.45) is 6.60. The highest BCUT2D eigenvalue weighted by Gasteiger charge is 2.13. The minimum Gasteiger partial charge on any atom is -0.480 e. The van der Waals surface area contributed by atoms with Crippen molar-refractivity contribution in [2.45, 2.75) is 6.92 Å². The lowest BCUT2D eigenvalue weighted by atomic mass is 10.1. The molecule has 0 bridgehead atoms. The molecule has 1 amide bonds. The molecular formula is C20H14Cl2N2O2. The number of ether oxygens (including phenoxy) is 1. The van der Waals surface area contributed by atoms with Crippen molar-refractivity contribution in [3.05, 3.63) is 63.1 Å². The van der Waals surface area contributed by atoms with Gasteiger partial charge in [-0.1, -0.05) is 35.2 Å². The average molecular weight is 385 g/mol. The number of terminal acetylenes is 1. The molecule has 4 nitrogen and oxygen atoms in total. The van der Waals surface area contributed by atoms with Crippen LogP contribution in [0, 0.1) is 30.6 Å². The first kappa shape index (κ1) is 19.4. The monoisotopic (exact) mass is 384 g/mol. The number of nitriles is 1. The van der Waals surface area contributed by atoms with Crippen LogP contribution in [0.4, 0.5) is 5.69 Å². The topological polar surface area (TPSA) is 62.1 Å². The highest BCUT2D eigenvalue weighted by atomic mass is 35.5. The van der Waals surface area contributed by atoms with E-state index < -0.39 is 5.91 Å². The molecule has 2 aromatic carbocycles. The van der Waals surface area contributed by atoms with Crippen LogP contribution >= 0.6 is 23.2 Å². The molecule has 130 valence electrons. The van der Waals surface area contributed by atoms with Crippen molar-refractivity contribution in [2.75, 3.05) is 11.9 Å². The molecule has 0 aliphatic heterocycles. The molecule has 0 spiro atoms. The van der Waals surface area contributed by atoms with Crippen LogP contribution in [-0.4, -0.2) is 12.5 Å². The maximum absolute atomic E-state index is 12.5. The summed E-state index contributed by atoms with van der Waals surface area (Å²) in [5, 5.41) is 13.0. The molecule has 26 heavy (non-hydrogen) atoms. The molecule has 0 aliphatic rings. The van der Waals surface area contributed by atoms with Gasteiger partial charge in [-0.15, -0.1) is 6.42 Å². The molecule has 2 aromatic rings. The van der Waals surface area contributed by atoms with Crippen molar-refractivity contribution >= 4 is 40.9 Å². The van der Waals surface area contributed by atoms with Gasteiger partial charge in [0.2, 0.25) is 0 Å². The second-order valence-electron chi connectivity index (χ2n) is 5.26. The normalized spacial score (nSPS) is 10.6. The van der Waals surface area contributed by atoms with Gasteiger partial charge in [-0.2, -0.15) is 5.26 Å². The van der Waals surface area contributed by atoms with Crippen LogP contribution in [0.1, 0.15) is 11.1 Å². The Labute approximate surface area is 162 Å². The maximum atomic E-state index is 12.5. The van der Waals surface area contributed by atoms with E-state index in [4.69, 9.17) is 34.4 Å². The zero-order chi connectivity index (χ0) is 19.1. The number of nitrogens with zero attached hydrogens (tertiary/aromatic N) is 1. The molecule has 0 saturated heterocycles. The van der Waals surface area contributed by atoms with E-state index in [1.807, 2.05) is 13.0 Å². The minimum atomic E-state index is -0.569. The third-order valence-electron chi connectivity index (χ3n) is 3.40. The third-order valence-corrected chi connectivity index (χ3v) is 3.87. The van der Waals surface area contributed by atoms with Crippen molar-refractivity contribution in [1.82, 2.24) is 0 Å². The number of carbonyl (C=O) groups excluding carboxylic acids is 1. The van der Waals surface area contributed by atoms with E-state index in [-0.39, 0.29) is 12.2 Å². The zero-order valence-corrected chi connectivity index (χ0v) is 15.4. The smallest absolute Gasteiger partial charge is 0.266 e. The molecule has 1 N–H and O–H groups in total. The summed E-state index contributed by atoms with van der Waals surface area (Å²) in [6, 6.07) is 11.8. The van der Waals surface area contributed by atoms with Gasteiger partial charge in [-0.3, -0.25) is 4.79 Å². The van der Waals surface area contributed by atoms with E-state index >= 15 is 0 Å². The summed E-state index contributed by atoms with van der Waals surface area (Å²) in [4.78, 5) is 12.5. The maximum Gasteiger partial charge on any atom is 0.266 e. The van der Waals surface area contributed by atoms with Gasteiger partial charge in [0.1, 0.15) is 24.0 Å². The number of hydrogen-bond acceptors (Lipinski definition) is 3. The first-order valence-electron chi connectivity index (χ1n) is 7.49. The lowest BCUT2D eigenvalue weighted by Gasteiger charge is -2.10. The standard InChI is InChI=1S/C20H14Cl2N2O2/c1-3-8-26-19-7-6-16(21)10-14(19)9-15(12-23)20(25)24-18-11-17(22)5-4-13(18)2/h1,4-7,9-11H,8H2,2H3,(H,24,25)/b15-9+. The summed E-state index contributed by atoms with van der Waals surface area (Å²) in [5.74, 6) is 2.21. The second-order valence-corrected chi connectivity index (χ2v) is 6.13. The largest absolute Gasteiger partial charge is 0.480 e. The Bertz CT molecular complexity index is 953. The van der Waals surface area contributed by atoms with Crippen LogP contribution in [0.3, 0.4) is 0 Å². The van der Waals surface area contributed by atoms with Gasteiger partial charge in [-0.05, 0) is 48.9 Å². The molecule has 2 rings (SSSR count). The number of carbonyl (C=O) groups is 1. The van der Waals surface area contributed by atoms with Gasteiger partial charge in [-0.25, -0.2) is 0 Å². The number of anilines is 1. The van der Waals surface area contributed by atoms with E-state index in [0.717, 1.165) is 5.56 Å². The fourth-order valence-corrected chi connectivity index (χ4v) is 2.46. The predicted octanol–water partition coefficient (Wildman–Crippen LogP) is 4.86. The molecule has 0 radical (unpaired) electrons.